The lowest BCUT2D eigenvalue weighted by Gasteiger charge is -2.32. The molecule has 2 aliphatic carbocycles. The molecular formula is C24H26ClNO3. The zero-order chi connectivity index (χ0) is 20.8. The Balaban J connectivity index is 1.93. The largest absolute Gasteiger partial charge is 0.294 e. The Kier molecular flexibility index (Phi) is 5.24. The van der Waals surface area contributed by atoms with E-state index in [0.29, 0.717) is 34.8 Å². The molecule has 2 aromatic rings. The van der Waals surface area contributed by atoms with Crippen LogP contribution < -0.4 is 5.56 Å². The lowest BCUT2D eigenvalue weighted by Crippen LogP contribution is -2.37. The fourth-order valence-electron chi connectivity index (χ4n) is 4.74. The second-order valence-electron chi connectivity index (χ2n) is 9.18. The summed E-state index contributed by atoms with van der Waals surface area (Å²) in [6, 6.07) is 8.57. The van der Waals surface area contributed by atoms with Crippen LogP contribution in [0.5, 0.6) is 0 Å². The minimum absolute atomic E-state index is 0.00309. The van der Waals surface area contributed by atoms with Gasteiger partial charge in [0.15, 0.2) is 11.6 Å². The van der Waals surface area contributed by atoms with Gasteiger partial charge in [0.1, 0.15) is 0 Å². The standard InChI is InChI=1S/C24H26ClNO3/c1-24(2)13-20-18(21(27)14-24)12-19(22(28)15-6-4-3-5-7-15)23(29)26(20)17-10-8-16(25)9-11-17/h8-12,15H,3-7,13-14H2,1-2H3. The number of benzene rings is 1. The van der Waals surface area contributed by atoms with E-state index in [-0.39, 0.29) is 34.0 Å². The predicted molar refractivity (Wildman–Crippen MR) is 114 cm³/mol. The van der Waals surface area contributed by atoms with Gasteiger partial charge in [-0.3, -0.25) is 19.0 Å². The number of carbonyl (C=O) groups excluding carboxylic acids is 2. The van der Waals surface area contributed by atoms with Crippen LogP contribution in [0.1, 0.15) is 78.8 Å². The van der Waals surface area contributed by atoms with Gasteiger partial charge in [-0.1, -0.05) is 44.7 Å². The monoisotopic (exact) mass is 411 g/mol. The van der Waals surface area contributed by atoms with Crippen molar-refractivity contribution in [2.75, 3.05) is 0 Å². The number of hydrogen-bond donors (Lipinski definition) is 0. The van der Waals surface area contributed by atoms with Crippen LogP contribution in [0.15, 0.2) is 35.1 Å². The molecule has 0 saturated heterocycles. The number of nitrogens with zero attached hydrogens (tertiary/aromatic N) is 1. The van der Waals surface area contributed by atoms with E-state index in [9.17, 15) is 14.4 Å². The highest BCUT2D eigenvalue weighted by Gasteiger charge is 2.36. The highest BCUT2D eigenvalue weighted by atomic mass is 35.5. The van der Waals surface area contributed by atoms with Crippen molar-refractivity contribution in [3.63, 3.8) is 0 Å². The minimum Gasteiger partial charge on any atom is -0.294 e. The van der Waals surface area contributed by atoms with Crippen molar-refractivity contribution >= 4 is 23.2 Å². The van der Waals surface area contributed by atoms with E-state index in [1.807, 2.05) is 13.8 Å². The Morgan fingerprint density at radius 2 is 1.69 bits per heavy atom. The fourth-order valence-corrected chi connectivity index (χ4v) is 4.86. The van der Waals surface area contributed by atoms with Gasteiger partial charge in [-0.15, -0.1) is 0 Å². The summed E-state index contributed by atoms with van der Waals surface area (Å²) in [4.78, 5) is 39.7. The number of carbonyl (C=O) groups is 2. The quantitative estimate of drug-likeness (QED) is 0.634. The SMILES string of the molecule is CC1(C)CC(=O)c2cc(C(=O)C3CCCCC3)c(=O)n(-c3ccc(Cl)cc3)c2C1. The second kappa shape index (κ2) is 7.56. The topological polar surface area (TPSA) is 56.1 Å². The zero-order valence-electron chi connectivity index (χ0n) is 17.0. The third-order valence-corrected chi connectivity index (χ3v) is 6.47. The molecule has 1 fully saturated rings. The Labute approximate surface area is 175 Å². The maximum absolute atomic E-state index is 13.5. The molecule has 1 saturated carbocycles. The lowest BCUT2D eigenvalue weighted by molar-refractivity contribution is 0.0887. The van der Waals surface area contributed by atoms with E-state index in [2.05, 4.69) is 0 Å². The molecule has 4 nitrogen and oxygen atoms in total. The molecule has 0 unspecified atom stereocenters. The number of fused-ring (bicyclic) bond motifs is 1. The predicted octanol–water partition coefficient (Wildman–Crippen LogP) is 5.41. The number of aromatic nitrogens is 1. The third kappa shape index (κ3) is 3.83. The van der Waals surface area contributed by atoms with Crippen LogP contribution in [0.4, 0.5) is 0 Å². The lowest BCUT2D eigenvalue weighted by atomic mass is 9.74. The van der Waals surface area contributed by atoms with Gasteiger partial charge in [-0.25, -0.2) is 0 Å². The van der Waals surface area contributed by atoms with Gasteiger partial charge in [0.25, 0.3) is 5.56 Å². The van der Waals surface area contributed by atoms with Crippen LogP contribution in [-0.2, 0) is 6.42 Å². The molecule has 1 aromatic carbocycles. The van der Waals surface area contributed by atoms with Crippen LogP contribution in [0.2, 0.25) is 5.02 Å². The number of pyridine rings is 1. The van der Waals surface area contributed by atoms with Crippen molar-refractivity contribution in [1.82, 2.24) is 4.57 Å². The molecule has 0 bridgehead atoms. The van der Waals surface area contributed by atoms with Crippen LogP contribution >= 0.6 is 11.6 Å². The van der Waals surface area contributed by atoms with Crippen molar-refractivity contribution in [3.05, 3.63) is 62.5 Å². The van der Waals surface area contributed by atoms with Gasteiger partial charge < -0.3 is 0 Å². The van der Waals surface area contributed by atoms with Gasteiger partial charge in [0, 0.05) is 34.3 Å². The summed E-state index contributed by atoms with van der Waals surface area (Å²) in [5.41, 5.74) is 1.43. The summed E-state index contributed by atoms with van der Waals surface area (Å²) in [6.07, 6.45) is 5.81. The molecule has 0 aliphatic heterocycles. The van der Waals surface area contributed by atoms with Gasteiger partial charge in [-0.05, 0) is 55.0 Å². The molecule has 152 valence electrons. The van der Waals surface area contributed by atoms with E-state index < -0.39 is 0 Å². The molecule has 0 spiro atoms. The van der Waals surface area contributed by atoms with Crippen molar-refractivity contribution < 1.29 is 9.59 Å². The number of hydrogen-bond acceptors (Lipinski definition) is 3. The first-order valence-electron chi connectivity index (χ1n) is 10.4. The molecule has 0 amide bonds. The maximum atomic E-state index is 13.5. The van der Waals surface area contributed by atoms with Crippen LogP contribution in [0.25, 0.3) is 5.69 Å². The highest BCUT2D eigenvalue weighted by Crippen LogP contribution is 2.36. The molecule has 2 aliphatic rings. The third-order valence-electron chi connectivity index (χ3n) is 6.21. The Hall–Kier alpha value is -2.20. The summed E-state index contributed by atoms with van der Waals surface area (Å²) in [5, 5.41) is 0.571. The second-order valence-corrected chi connectivity index (χ2v) is 9.61. The minimum atomic E-state index is -0.327. The summed E-state index contributed by atoms with van der Waals surface area (Å²) < 4.78 is 1.57. The molecule has 1 aromatic heterocycles. The van der Waals surface area contributed by atoms with Gasteiger partial charge in [0.05, 0.1) is 5.56 Å². The number of ketones is 2. The molecule has 4 rings (SSSR count). The fraction of sp³-hybridized carbons (Fsp3) is 0.458. The van der Waals surface area contributed by atoms with Crippen LogP contribution in [-0.4, -0.2) is 16.1 Å². The smallest absolute Gasteiger partial charge is 0.266 e. The molecule has 29 heavy (non-hydrogen) atoms. The van der Waals surface area contributed by atoms with Crippen molar-refractivity contribution in [2.45, 2.75) is 58.8 Å². The Morgan fingerprint density at radius 3 is 2.34 bits per heavy atom. The van der Waals surface area contributed by atoms with E-state index in [0.717, 1.165) is 32.1 Å². The average molecular weight is 412 g/mol. The number of rotatable bonds is 3. The summed E-state index contributed by atoms with van der Waals surface area (Å²) in [6.45, 7) is 4.07. The first-order chi connectivity index (χ1) is 13.8. The molecule has 1 heterocycles. The number of Topliss-reactive ketones (excluding diaryl/α,β-unsaturated/α-hetero) is 2. The van der Waals surface area contributed by atoms with Gasteiger partial charge in [-0.2, -0.15) is 0 Å². The maximum Gasteiger partial charge on any atom is 0.266 e. The number of halogens is 1. The first-order valence-corrected chi connectivity index (χ1v) is 10.8. The first kappa shape index (κ1) is 20.1. The zero-order valence-corrected chi connectivity index (χ0v) is 17.7. The average Bonchev–Trinajstić information content (AvgIpc) is 2.68. The molecule has 0 atom stereocenters. The van der Waals surface area contributed by atoms with Crippen molar-refractivity contribution in [1.29, 1.82) is 0 Å². The van der Waals surface area contributed by atoms with Crippen LogP contribution in [0.3, 0.4) is 0 Å². The Morgan fingerprint density at radius 1 is 1.03 bits per heavy atom. The molecule has 5 heteroatoms. The summed E-state index contributed by atoms with van der Waals surface area (Å²) in [7, 11) is 0. The van der Waals surface area contributed by atoms with Gasteiger partial charge in [0.2, 0.25) is 0 Å². The van der Waals surface area contributed by atoms with E-state index in [1.54, 1.807) is 34.9 Å². The normalized spacial score (nSPS) is 19.1. The summed E-state index contributed by atoms with van der Waals surface area (Å²) >= 11 is 6.04. The molecule has 0 radical (unpaired) electrons. The summed E-state index contributed by atoms with van der Waals surface area (Å²) in [5.74, 6) is -0.238. The van der Waals surface area contributed by atoms with Crippen LogP contribution in [0, 0.1) is 11.3 Å². The van der Waals surface area contributed by atoms with E-state index in [1.165, 1.54) is 0 Å². The van der Waals surface area contributed by atoms with Gasteiger partial charge >= 0.3 is 0 Å². The van der Waals surface area contributed by atoms with Crippen molar-refractivity contribution in [3.8, 4) is 5.69 Å². The molecular weight excluding hydrogens is 386 g/mol. The van der Waals surface area contributed by atoms with E-state index >= 15 is 0 Å². The highest BCUT2D eigenvalue weighted by molar-refractivity contribution is 6.30. The molecule has 0 N–H and O–H groups in total. The van der Waals surface area contributed by atoms with Crippen molar-refractivity contribution in [2.24, 2.45) is 11.3 Å². The Bertz CT molecular complexity index is 1030. The van der Waals surface area contributed by atoms with E-state index in [4.69, 9.17) is 11.6 Å².